The molecule has 1 unspecified atom stereocenters. The van der Waals surface area contributed by atoms with Gasteiger partial charge in [0, 0.05) is 19.6 Å². The number of alkyl carbamates (subject to hydrolysis) is 1. The summed E-state index contributed by atoms with van der Waals surface area (Å²) >= 11 is 0. The van der Waals surface area contributed by atoms with E-state index in [2.05, 4.69) is 55.1 Å². The molecule has 0 radical (unpaired) electrons. The molecule has 2 fully saturated rings. The number of methoxy groups -OCH3 is 1. The Morgan fingerprint density at radius 3 is 2.35 bits per heavy atom. The van der Waals surface area contributed by atoms with Gasteiger partial charge in [-0.1, -0.05) is 52.0 Å². The third kappa shape index (κ3) is 5.61. The lowest BCUT2D eigenvalue weighted by molar-refractivity contribution is -0.137. The lowest BCUT2D eigenvalue weighted by atomic mass is 9.75. The van der Waals surface area contributed by atoms with Crippen LogP contribution < -0.4 is 5.32 Å². The molecule has 1 aromatic carbocycles. The van der Waals surface area contributed by atoms with Gasteiger partial charge in [-0.3, -0.25) is 4.79 Å². The lowest BCUT2D eigenvalue weighted by Crippen LogP contribution is -2.47. The van der Waals surface area contributed by atoms with Gasteiger partial charge in [-0.25, -0.2) is 4.79 Å². The summed E-state index contributed by atoms with van der Waals surface area (Å²) in [7, 11) is 1.34. The number of carbonyl (C=O) groups excluding carboxylic acids is 2. The summed E-state index contributed by atoms with van der Waals surface area (Å²) in [6.45, 7) is 10.8. The Balaban J connectivity index is 1.54. The van der Waals surface area contributed by atoms with Crippen LogP contribution in [0.3, 0.4) is 0 Å². The van der Waals surface area contributed by atoms with Crippen molar-refractivity contribution in [3.63, 3.8) is 0 Å². The van der Waals surface area contributed by atoms with Crippen LogP contribution in [-0.4, -0.2) is 43.6 Å². The summed E-state index contributed by atoms with van der Waals surface area (Å²) in [5, 5.41) is 2.68. The van der Waals surface area contributed by atoms with Gasteiger partial charge in [0.1, 0.15) is 0 Å². The summed E-state index contributed by atoms with van der Waals surface area (Å²) in [6.07, 6.45) is 6.19. The predicted octanol–water partition coefficient (Wildman–Crippen LogP) is 5.24. The third-order valence-electron chi connectivity index (χ3n) is 7.61. The van der Waals surface area contributed by atoms with Crippen molar-refractivity contribution in [1.29, 1.82) is 0 Å². The summed E-state index contributed by atoms with van der Waals surface area (Å²) in [5.41, 5.74) is 3.44. The molecule has 31 heavy (non-hydrogen) atoms. The second-order valence-electron chi connectivity index (χ2n) is 10.6. The molecule has 1 aromatic rings. The molecule has 5 nitrogen and oxygen atoms in total. The van der Waals surface area contributed by atoms with Gasteiger partial charge >= 0.3 is 6.09 Å². The first-order valence-corrected chi connectivity index (χ1v) is 11.9. The normalized spacial score (nSPS) is 21.7. The van der Waals surface area contributed by atoms with Crippen LogP contribution in [0.2, 0.25) is 0 Å². The minimum Gasteiger partial charge on any atom is -0.453 e. The first-order chi connectivity index (χ1) is 14.7. The summed E-state index contributed by atoms with van der Waals surface area (Å²) in [4.78, 5) is 26.3. The number of nitrogens with zero attached hydrogens (tertiary/aromatic N) is 1. The van der Waals surface area contributed by atoms with Crippen molar-refractivity contribution in [2.24, 2.45) is 11.3 Å². The van der Waals surface area contributed by atoms with Crippen molar-refractivity contribution in [3.8, 4) is 0 Å². The molecule has 1 heterocycles. The number of piperidine rings is 1. The number of benzene rings is 1. The Morgan fingerprint density at radius 1 is 1.16 bits per heavy atom. The molecule has 1 aliphatic carbocycles. The van der Waals surface area contributed by atoms with Crippen molar-refractivity contribution in [3.05, 3.63) is 35.4 Å². The molecule has 3 rings (SSSR count). The number of hydrogen-bond donors (Lipinski definition) is 1. The zero-order valence-corrected chi connectivity index (χ0v) is 20.0. The molecule has 172 valence electrons. The molecule has 1 aliphatic heterocycles. The predicted molar refractivity (Wildman–Crippen MR) is 124 cm³/mol. The smallest absolute Gasteiger partial charge is 0.406 e. The third-order valence-corrected chi connectivity index (χ3v) is 7.61. The van der Waals surface area contributed by atoms with E-state index < -0.39 is 6.09 Å². The van der Waals surface area contributed by atoms with E-state index in [0.717, 1.165) is 32.4 Å². The lowest BCUT2D eigenvalue weighted by Gasteiger charge is -2.40. The fourth-order valence-corrected chi connectivity index (χ4v) is 5.35. The van der Waals surface area contributed by atoms with Crippen LogP contribution in [0.15, 0.2) is 24.3 Å². The molecule has 0 bridgehead atoms. The Morgan fingerprint density at radius 2 is 1.81 bits per heavy atom. The van der Waals surface area contributed by atoms with Crippen LogP contribution in [0, 0.1) is 11.3 Å². The monoisotopic (exact) mass is 428 g/mol. The number of rotatable bonds is 5. The molecular weight excluding hydrogens is 388 g/mol. The summed E-state index contributed by atoms with van der Waals surface area (Å²) < 4.78 is 4.63. The van der Waals surface area contributed by atoms with E-state index in [4.69, 9.17) is 0 Å². The highest BCUT2D eigenvalue weighted by Gasteiger charge is 2.42. The van der Waals surface area contributed by atoms with Gasteiger partial charge in [-0.2, -0.15) is 0 Å². The number of ether oxygens (including phenoxy) is 1. The van der Waals surface area contributed by atoms with E-state index in [1.54, 1.807) is 0 Å². The van der Waals surface area contributed by atoms with Crippen molar-refractivity contribution in [2.45, 2.75) is 77.6 Å². The van der Waals surface area contributed by atoms with Crippen LogP contribution in [0.5, 0.6) is 0 Å². The molecule has 5 heteroatoms. The second kappa shape index (κ2) is 9.62. The number of carbonyl (C=O) groups is 2. The molecule has 2 amide bonds. The van der Waals surface area contributed by atoms with Crippen LogP contribution in [0.1, 0.15) is 83.3 Å². The van der Waals surface area contributed by atoms with E-state index in [1.807, 2.05) is 11.8 Å². The number of hydrogen-bond acceptors (Lipinski definition) is 3. The van der Waals surface area contributed by atoms with Crippen LogP contribution in [-0.2, 0) is 14.9 Å². The largest absolute Gasteiger partial charge is 0.453 e. The van der Waals surface area contributed by atoms with Gasteiger partial charge in [-0.15, -0.1) is 0 Å². The van der Waals surface area contributed by atoms with E-state index in [0.29, 0.717) is 17.9 Å². The second-order valence-corrected chi connectivity index (χ2v) is 10.6. The highest BCUT2D eigenvalue weighted by atomic mass is 16.5. The molecule has 1 saturated carbocycles. The van der Waals surface area contributed by atoms with E-state index in [9.17, 15) is 9.59 Å². The number of amides is 2. The number of likely N-dealkylation sites (tertiary alicyclic amines) is 1. The summed E-state index contributed by atoms with van der Waals surface area (Å²) in [5.74, 6) is 0.635. The first kappa shape index (κ1) is 23.6. The van der Waals surface area contributed by atoms with Gasteiger partial charge in [-0.05, 0) is 66.4 Å². The molecule has 1 N–H and O–H groups in total. The zero-order valence-electron chi connectivity index (χ0n) is 20.0. The van der Waals surface area contributed by atoms with E-state index in [-0.39, 0.29) is 17.2 Å². The fourth-order valence-electron chi connectivity index (χ4n) is 5.35. The fraction of sp³-hybridized carbons (Fsp3) is 0.692. The van der Waals surface area contributed by atoms with Crippen molar-refractivity contribution in [2.75, 3.05) is 26.7 Å². The van der Waals surface area contributed by atoms with Crippen molar-refractivity contribution < 1.29 is 14.3 Å². The average Bonchev–Trinajstić information content (AvgIpc) is 3.17. The Kier molecular flexibility index (Phi) is 7.33. The summed E-state index contributed by atoms with van der Waals surface area (Å²) in [6, 6.07) is 9.27. The van der Waals surface area contributed by atoms with Crippen LogP contribution >= 0.6 is 0 Å². The maximum absolute atomic E-state index is 13.0. The van der Waals surface area contributed by atoms with Crippen LogP contribution in [0.25, 0.3) is 0 Å². The topological polar surface area (TPSA) is 58.6 Å². The highest BCUT2D eigenvalue weighted by Crippen LogP contribution is 2.52. The SMILES string of the molecule is CC[C@H](CNC(=O)OC)C(=O)N1CCC2(CCC(c3ccc(C(C)(C)C)cc3)C2)CC1. The van der Waals surface area contributed by atoms with Gasteiger partial charge in [0.05, 0.1) is 13.0 Å². The standard InChI is InChI=1S/C26H40N2O3/c1-6-19(18-27-24(30)31-5)23(29)28-15-13-26(14-16-28)12-11-21(17-26)20-7-9-22(10-8-20)25(2,3)4/h7-10,19,21H,6,11-18H2,1-5H3,(H,27,30)/t19-,21?/m1/s1. The molecule has 1 saturated heterocycles. The highest BCUT2D eigenvalue weighted by molar-refractivity contribution is 5.80. The van der Waals surface area contributed by atoms with E-state index in [1.165, 1.54) is 37.5 Å². The zero-order chi connectivity index (χ0) is 22.6. The average molecular weight is 429 g/mol. The van der Waals surface area contributed by atoms with E-state index >= 15 is 0 Å². The molecular formula is C26H40N2O3. The molecule has 2 aliphatic rings. The Hall–Kier alpha value is -2.04. The Labute approximate surface area is 187 Å². The van der Waals surface area contributed by atoms with Gasteiger partial charge < -0.3 is 15.0 Å². The molecule has 1 spiro atoms. The minimum absolute atomic E-state index is 0.168. The quantitative estimate of drug-likeness (QED) is 0.697. The molecule has 0 aromatic heterocycles. The van der Waals surface area contributed by atoms with Crippen molar-refractivity contribution >= 4 is 12.0 Å². The minimum atomic E-state index is -0.476. The van der Waals surface area contributed by atoms with Crippen molar-refractivity contribution in [1.82, 2.24) is 10.2 Å². The Bertz CT molecular complexity index is 758. The van der Waals surface area contributed by atoms with Crippen LogP contribution in [0.4, 0.5) is 4.79 Å². The molecule has 2 atom stereocenters. The first-order valence-electron chi connectivity index (χ1n) is 11.9. The van der Waals surface area contributed by atoms with Gasteiger partial charge in [0.2, 0.25) is 5.91 Å². The number of nitrogens with one attached hydrogen (secondary N) is 1. The van der Waals surface area contributed by atoms with Gasteiger partial charge in [0.25, 0.3) is 0 Å². The maximum Gasteiger partial charge on any atom is 0.406 e. The van der Waals surface area contributed by atoms with Gasteiger partial charge in [0.15, 0.2) is 0 Å². The maximum atomic E-state index is 13.0.